The third kappa shape index (κ3) is 9.74. The molecule has 13 heteroatoms. The van der Waals surface area contributed by atoms with Crippen molar-refractivity contribution in [2.45, 2.75) is 30.4 Å². The summed E-state index contributed by atoms with van der Waals surface area (Å²) >= 11 is 2.33. The zero-order valence-corrected chi connectivity index (χ0v) is 31.5. The molecule has 0 radical (unpaired) electrons. The van der Waals surface area contributed by atoms with E-state index in [1.54, 1.807) is 97.9 Å². The number of amides is 4. The van der Waals surface area contributed by atoms with Crippen LogP contribution in [0, 0.1) is 18.3 Å². The largest absolute Gasteiger partial charge is 0.497 e. The number of rotatable bonds is 14. The van der Waals surface area contributed by atoms with Crippen LogP contribution in [0.15, 0.2) is 114 Å². The molecule has 54 heavy (non-hydrogen) atoms. The molecule has 5 rings (SSSR count). The molecule has 4 amide bonds. The number of thiophene rings is 1. The number of nitriles is 1. The third-order valence-corrected chi connectivity index (χ3v) is 10.6. The van der Waals surface area contributed by atoms with Gasteiger partial charge in [-0.25, -0.2) is 0 Å². The van der Waals surface area contributed by atoms with E-state index in [1.165, 1.54) is 32.1 Å². The highest BCUT2D eigenvalue weighted by molar-refractivity contribution is 8.00. The molecule has 274 valence electrons. The predicted octanol–water partition coefficient (Wildman–Crippen LogP) is 8.12. The maximum absolute atomic E-state index is 13.8. The van der Waals surface area contributed by atoms with Crippen LogP contribution in [0.3, 0.4) is 0 Å². The summed E-state index contributed by atoms with van der Waals surface area (Å²) in [6, 6.07) is 31.7. The highest BCUT2D eigenvalue weighted by Crippen LogP contribution is 2.35. The van der Waals surface area contributed by atoms with E-state index in [9.17, 15) is 24.4 Å². The SMILES string of the molecule is CCC(Sc1cccc(NC(=O)/C(=C\c2ccc(OC)cc2OC)NC(=O)c2ccccc2)c1)C(=O)Nc1sc(C(=O)Nc2ccccc2)c(C)c1C#N. The first kappa shape index (κ1) is 38.9. The van der Waals surface area contributed by atoms with Crippen molar-refractivity contribution in [2.24, 2.45) is 0 Å². The normalized spacial score (nSPS) is 11.4. The van der Waals surface area contributed by atoms with E-state index in [1.807, 2.05) is 19.1 Å². The van der Waals surface area contributed by atoms with Gasteiger partial charge < -0.3 is 30.7 Å². The summed E-state index contributed by atoms with van der Waals surface area (Å²) in [4.78, 5) is 54.6. The lowest BCUT2D eigenvalue weighted by atomic mass is 10.1. The number of nitrogens with one attached hydrogen (secondary N) is 4. The molecular formula is C41H37N5O6S2. The van der Waals surface area contributed by atoms with E-state index < -0.39 is 17.1 Å². The molecule has 0 aliphatic carbocycles. The fourth-order valence-corrected chi connectivity index (χ4v) is 7.29. The van der Waals surface area contributed by atoms with Crippen molar-refractivity contribution in [3.05, 3.63) is 136 Å². The second kappa shape index (κ2) is 18.4. The highest BCUT2D eigenvalue weighted by Gasteiger charge is 2.25. The van der Waals surface area contributed by atoms with Crippen LogP contribution in [-0.4, -0.2) is 43.1 Å². The molecule has 0 aliphatic heterocycles. The van der Waals surface area contributed by atoms with Gasteiger partial charge in [-0.05, 0) is 79.6 Å². The number of hydrogen-bond donors (Lipinski definition) is 4. The summed E-state index contributed by atoms with van der Waals surface area (Å²) in [6.45, 7) is 3.55. The smallest absolute Gasteiger partial charge is 0.272 e. The standard InChI is InChI=1S/C41H37N5O6S2/c1-5-35(39(49)46-41-32(24-42)25(2)36(54-41)40(50)43-28-15-10-7-11-16-28)53-31-18-12-17-29(22-31)44-38(48)33(45-37(47)26-13-8-6-9-14-26)21-27-19-20-30(51-3)23-34(27)52-4/h6-23,35H,5H2,1-4H3,(H,43,50)(H,44,48)(H,45,47)(H,46,49)/b33-21+. The van der Waals surface area contributed by atoms with Crippen LogP contribution in [-0.2, 0) is 9.59 Å². The van der Waals surface area contributed by atoms with E-state index in [0.717, 1.165) is 11.3 Å². The number of para-hydroxylation sites is 1. The molecule has 4 N–H and O–H groups in total. The molecule has 5 aromatic rings. The molecule has 0 bridgehead atoms. The Balaban J connectivity index is 1.32. The predicted molar refractivity (Wildman–Crippen MR) is 213 cm³/mol. The number of hydrogen-bond acceptors (Lipinski definition) is 9. The highest BCUT2D eigenvalue weighted by atomic mass is 32.2. The Morgan fingerprint density at radius 3 is 2.20 bits per heavy atom. The van der Waals surface area contributed by atoms with E-state index in [0.29, 0.717) is 60.8 Å². The Kier molecular flexibility index (Phi) is 13.3. The Hall–Kier alpha value is -6.36. The van der Waals surface area contributed by atoms with Crippen molar-refractivity contribution in [3.63, 3.8) is 0 Å². The number of anilines is 3. The zero-order valence-electron chi connectivity index (χ0n) is 29.9. The minimum absolute atomic E-state index is 0.0347. The maximum Gasteiger partial charge on any atom is 0.272 e. The molecule has 0 fully saturated rings. The van der Waals surface area contributed by atoms with Gasteiger partial charge >= 0.3 is 0 Å². The van der Waals surface area contributed by atoms with Crippen LogP contribution in [0.4, 0.5) is 16.4 Å². The van der Waals surface area contributed by atoms with Gasteiger partial charge in [-0.1, -0.05) is 49.4 Å². The first-order valence-corrected chi connectivity index (χ1v) is 18.4. The molecule has 1 unspecified atom stereocenters. The summed E-state index contributed by atoms with van der Waals surface area (Å²) in [5.74, 6) is -0.789. The third-order valence-electron chi connectivity index (χ3n) is 8.04. The lowest BCUT2D eigenvalue weighted by Crippen LogP contribution is -2.30. The van der Waals surface area contributed by atoms with E-state index in [-0.39, 0.29) is 23.1 Å². The molecule has 1 atom stereocenters. The van der Waals surface area contributed by atoms with Crippen LogP contribution >= 0.6 is 23.1 Å². The maximum atomic E-state index is 13.8. The number of carbonyl (C=O) groups excluding carboxylic acids is 4. The van der Waals surface area contributed by atoms with Gasteiger partial charge in [0.2, 0.25) is 5.91 Å². The molecule has 4 aromatic carbocycles. The van der Waals surface area contributed by atoms with Crippen molar-refractivity contribution in [2.75, 3.05) is 30.2 Å². The lowest BCUT2D eigenvalue weighted by Gasteiger charge is -2.16. The van der Waals surface area contributed by atoms with Crippen LogP contribution in [0.5, 0.6) is 11.5 Å². The molecule has 0 spiro atoms. The first-order chi connectivity index (χ1) is 26.1. The van der Waals surface area contributed by atoms with Crippen molar-refractivity contribution in [1.82, 2.24) is 5.32 Å². The average molecular weight is 760 g/mol. The second-order valence-electron chi connectivity index (χ2n) is 11.7. The Morgan fingerprint density at radius 2 is 1.54 bits per heavy atom. The minimum atomic E-state index is -0.590. The number of ether oxygens (including phenoxy) is 2. The van der Waals surface area contributed by atoms with Crippen LogP contribution in [0.1, 0.15) is 50.1 Å². The van der Waals surface area contributed by atoms with Crippen molar-refractivity contribution in [1.29, 1.82) is 5.26 Å². The molecule has 0 aliphatic rings. The van der Waals surface area contributed by atoms with Crippen LogP contribution < -0.4 is 30.7 Å². The van der Waals surface area contributed by atoms with Crippen molar-refractivity contribution < 1.29 is 28.7 Å². The van der Waals surface area contributed by atoms with Gasteiger partial charge in [0.1, 0.15) is 28.3 Å². The molecule has 1 heterocycles. The fourth-order valence-electron chi connectivity index (χ4n) is 5.22. The van der Waals surface area contributed by atoms with Crippen molar-refractivity contribution in [3.8, 4) is 17.6 Å². The van der Waals surface area contributed by atoms with Crippen LogP contribution in [0.2, 0.25) is 0 Å². The van der Waals surface area contributed by atoms with E-state index in [4.69, 9.17) is 9.47 Å². The van der Waals surface area contributed by atoms with Gasteiger partial charge in [0.15, 0.2) is 0 Å². The quantitative estimate of drug-likeness (QED) is 0.0653. The van der Waals surface area contributed by atoms with E-state index in [2.05, 4.69) is 27.3 Å². The van der Waals surface area contributed by atoms with Crippen LogP contribution in [0.25, 0.3) is 6.08 Å². The molecular weight excluding hydrogens is 723 g/mol. The molecule has 0 saturated heterocycles. The van der Waals surface area contributed by atoms with Gasteiger partial charge in [-0.2, -0.15) is 5.26 Å². The Labute approximate surface area is 321 Å². The number of methoxy groups -OCH3 is 2. The number of carbonyl (C=O) groups is 4. The first-order valence-electron chi connectivity index (χ1n) is 16.7. The number of nitrogens with zero attached hydrogens (tertiary/aromatic N) is 1. The van der Waals surface area contributed by atoms with Gasteiger partial charge in [0.25, 0.3) is 17.7 Å². The van der Waals surface area contributed by atoms with Gasteiger partial charge in [0.05, 0.1) is 29.9 Å². The summed E-state index contributed by atoms with van der Waals surface area (Å²) in [6.07, 6.45) is 1.96. The summed E-state index contributed by atoms with van der Waals surface area (Å²) in [5, 5.41) is 20.9. The minimum Gasteiger partial charge on any atom is -0.497 e. The van der Waals surface area contributed by atoms with Crippen molar-refractivity contribution >= 4 is 69.2 Å². The fraction of sp³-hybridized carbons (Fsp3) is 0.146. The number of benzene rings is 4. The number of thioether (sulfide) groups is 1. The Morgan fingerprint density at radius 1 is 0.833 bits per heavy atom. The molecule has 11 nitrogen and oxygen atoms in total. The van der Waals surface area contributed by atoms with Gasteiger partial charge in [-0.3, -0.25) is 19.2 Å². The zero-order chi connectivity index (χ0) is 38.6. The summed E-state index contributed by atoms with van der Waals surface area (Å²) < 4.78 is 10.8. The molecule has 0 saturated carbocycles. The van der Waals surface area contributed by atoms with E-state index >= 15 is 0 Å². The second-order valence-corrected chi connectivity index (χ2v) is 14.0. The van der Waals surface area contributed by atoms with Gasteiger partial charge in [-0.15, -0.1) is 23.1 Å². The topological polar surface area (TPSA) is 159 Å². The van der Waals surface area contributed by atoms with Gasteiger partial charge in [0, 0.05) is 33.5 Å². The Bertz CT molecular complexity index is 2230. The average Bonchev–Trinajstić information content (AvgIpc) is 3.51. The lowest BCUT2D eigenvalue weighted by molar-refractivity contribution is -0.116. The molecule has 1 aromatic heterocycles. The summed E-state index contributed by atoms with van der Waals surface area (Å²) in [7, 11) is 3.03. The monoisotopic (exact) mass is 759 g/mol. The summed E-state index contributed by atoms with van der Waals surface area (Å²) in [5.41, 5.74) is 2.61.